The number of aryl methyl sites for hydroxylation is 1. The third-order valence-electron chi connectivity index (χ3n) is 2.59. The van der Waals surface area contributed by atoms with Gasteiger partial charge < -0.3 is 14.9 Å². The molecule has 0 saturated carbocycles. The zero-order chi connectivity index (χ0) is 12.8. The van der Waals surface area contributed by atoms with E-state index in [1.54, 1.807) is 13.0 Å². The van der Waals surface area contributed by atoms with Gasteiger partial charge in [-0.3, -0.25) is 0 Å². The van der Waals surface area contributed by atoms with Gasteiger partial charge in [0.15, 0.2) is 0 Å². The van der Waals surface area contributed by atoms with Crippen molar-refractivity contribution in [2.24, 2.45) is 0 Å². The molecule has 1 aromatic carbocycles. The molecule has 3 nitrogen and oxygen atoms in total. The third kappa shape index (κ3) is 4.54. The van der Waals surface area contributed by atoms with Gasteiger partial charge in [-0.15, -0.1) is 0 Å². The normalized spacial score (nSPS) is 14.4. The molecule has 0 aliphatic heterocycles. The average molecular weight is 259 g/mol. The Bertz CT molecular complexity index is 353. The lowest BCUT2D eigenvalue weighted by molar-refractivity contribution is 0.0264. The van der Waals surface area contributed by atoms with Crippen LogP contribution in [0.5, 0.6) is 5.75 Å². The predicted molar refractivity (Wildman–Crippen MR) is 68.6 cm³/mol. The van der Waals surface area contributed by atoms with E-state index >= 15 is 0 Å². The van der Waals surface area contributed by atoms with Crippen LogP contribution < -0.4 is 4.74 Å². The molecule has 0 aliphatic carbocycles. The highest BCUT2D eigenvalue weighted by Gasteiger charge is 2.12. The Balaban J connectivity index is 2.71. The van der Waals surface area contributed by atoms with Crippen molar-refractivity contribution in [2.45, 2.75) is 38.9 Å². The molecule has 0 heterocycles. The summed E-state index contributed by atoms with van der Waals surface area (Å²) in [6.45, 7) is 4.09. The minimum Gasteiger partial charge on any atom is -0.494 e. The van der Waals surface area contributed by atoms with Crippen molar-refractivity contribution in [3.63, 3.8) is 0 Å². The first-order valence-corrected chi connectivity index (χ1v) is 6.19. The lowest BCUT2D eigenvalue weighted by Crippen LogP contribution is -2.22. The summed E-state index contributed by atoms with van der Waals surface area (Å²) < 4.78 is 5.48. The van der Waals surface area contributed by atoms with Crippen LogP contribution in [-0.4, -0.2) is 29.0 Å². The van der Waals surface area contributed by atoms with Gasteiger partial charge in [0, 0.05) is 5.02 Å². The second-order valence-electron chi connectivity index (χ2n) is 4.03. The Morgan fingerprint density at radius 3 is 2.65 bits per heavy atom. The molecule has 4 heteroatoms. The molecule has 0 saturated heterocycles. The predicted octanol–water partition coefficient (Wildman–Crippen LogP) is 2.41. The topological polar surface area (TPSA) is 49.7 Å². The molecule has 0 fully saturated rings. The largest absolute Gasteiger partial charge is 0.494 e. The molecule has 0 amide bonds. The molecular formula is C13H19ClO3. The maximum Gasteiger partial charge on any atom is 0.122 e. The molecule has 96 valence electrons. The zero-order valence-corrected chi connectivity index (χ0v) is 10.9. The highest BCUT2D eigenvalue weighted by molar-refractivity contribution is 6.30. The molecule has 0 aromatic heterocycles. The lowest BCUT2D eigenvalue weighted by atomic mass is 10.0. The average Bonchev–Trinajstić information content (AvgIpc) is 2.29. The summed E-state index contributed by atoms with van der Waals surface area (Å²) in [7, 11) is 0. The van der Waals surface area contributed by atoms with E-state index in [-0.39, 0.29) is 0 Å². The second-order valence-corrected chi connectivity index (χ2v) is 4.47. The number of rotatable bonds is 6. The smallest absolute Gasteiger partial charge is 0.122 e. The molecule has 0 bridgehead atoms. The van der Waals surface area contributed by atoms with Crippen LogP contribution in [-0.2, 0) is 6.42 Å². The van der Waals surface area contributed by atoms with Crippen molar-refractivity contribution >= 4 is 11.6 Å². The summed E-state index contributed by atoms with van der Waals surface area (Å²) in [5.41, 5.74) is 0.957. The number of benzene rings is 1. The number of hydrogen-bond donors (Lipinski definition) is 2. The molecule has 1 rings (SSSR count). The van der Waals surface area contributed by atoms with Crippen LogP contribution in [0.4, 0.5) is 0 Å². The Morgan fingerprint density at radius 2 is 2.06 bits per heavy atom. The van der Waals surface area contributed by atoms with Crippen LogP contribution in [0, 0.1) is 0 Å². The Morgan fingerprint density at radius 1 is 1.35 bits per heavy atom. The van der Waals surface area contributed by atoms with Crippen LogP contribution >= 0.6 is 11.6 Å². The quantitative estimate of drug-likeness (QED) is 0.824. The molecule has 2 N–H and O–H groups in total. The van der Waals surface area contributed by atoms with E-state index in [0.717, 1.165) is 11.3 Å². The Labute approximate surface area is 107 Å². The van der Waals surface area contributed by atoms with E-state index in [0.29, 0.717) is 24.5 Å². The fraction of sp³-hybridized carbons (Fsp3) is 0.538. The van der Waals surface area contributed by atoms with Gasteiger partial charge in [-0.25, -0.2) is 0 Å². The highest BCUT2D eigenvalue weighted by atomic mass is 35.5. The van der Waals surface area contributed by atoms with Crippen molar-refractivity contribution in [1.82, 2.24) is 0 Å². The molecule has 2 unspecified atom stereocenters. The summed E-state index contributed by atoms with van der Waals surface area (Å²) in [4.78, 5) is 0. The third-order valence-corrected chi connectivity index (χ3v) is 2.82. The molecule has 1 aromatic rings. The summed E-state index contributed by atoms with van der Waals surface area (Å²) in [6, 6.07) is 5.44. The van der Waals surface area contributed by atoms with Gasteiger partial charge in [-0.2, -0.15) is 0 Å². The van der Waals surface area contributed by atoms with Crippen molar-refractivity contribution in [2.75, 3.05) is 6.61 Å². The van der Waals surface area contributed by atoms with Crippen molar-refractivity contribution in [1.29, 1.82) is 0 Å². The van der Waals surface area contributed by atoms with Crippen LogP contribution in [0.25, 0.3) is 0 Å². The van der Waals surface area contributed by atoms with Crippen LogP contribution in [0.2, 0.25) is 5.02 Å². The molecule has 0 aliphatic rings. The maximum absolute atomic E-state index is 9.55. The molecule has 0 radical (unpaired) electrons. The lowest BCUT2D eigenvalue weighted by Gasteiger charge is -2.15. The number of ether oxygens (including phenoxy) is 1. The number of aliphatic hydroxyl groups excluding tert-OH is 2. The van der Waals surface area contributed by atoms with Crippen molar-refractivity contribution < 1.29 is 14.9 Å². The van der Waals surface area contributed by atoms with Gasteiger partial charge in [0.2, 0.25) is 0 Å². The van der Waals surface area contributed by atoms with Gasteiger partial charge in [-0.05, 0) is 50.5 Å². The fourth-order valence-electron chi connectivity index (χ4n) is 1.58. The fourth-order valence-corrected chi connectivity index (χ4v) is 1.78. The van der Waals surface area contributed by atoms with E-state index in [1.165, 1.54) is 0 Å². The molecular weight excluding hydrogens is 240 g/mol. The van der Waals surface area contributed by atoms with Gasteiger partial charge in [0.1, 0.15) is 5.75 Å². The zero-order valence-electron chi connectivity index (χ0n) is 10.2. The van der Waals surface area contributed by atoms with E-state index in [4.69, 9.17) is 16.3 Å². The van der Waals surface area contributed by atoms with E-state index in [2.05, 4.69) is 0 Å². The Kier molecular flexibility index (Phi) is 5.75. The summed E-state index contributed by atoms with van der Waals surface area (Å²) >= 11 is 5.93. The minimum atomic E-state index is -0.719. The summed E-state index contributed by atoms with van der Waals surface area (Å²) in [6.07, 6.45) is -0.326. The Hall–Kier alpha value is -0.770. The number of aliphatic hydroxyl groups is 2. The first kappa shape index (κ1) is 14.3. The van der Waals surface area contributed by atoms with Gasteiger partial charge in [0.25, 0.3) is 0 Å². The minimum absolute atomic E-state index is 0.484. The van der Waals surface area contributed by atoms with E-state index in [9.17, 15) is 10.2 Å². The first-order chi connectivity index (χ1) is 8.04. The van der Waals surface area contributed by atoms with Gasteiger partial charge >= 0.3 is 0 Å². The number of halogens is 1. The number of hydrogen-bond acceptors (Lipinski definition) is 3. The van der Waals surface area contributed by atoms with Gasteiger partial charge in [0.05, 0.1) is 18.8 Å². The van der Waals surface area contributed by atoms with E-state index < -0.39 is 12.2 Å². The van der Waals surface area contributed by atoms with Gasteiger partial charge in [-0.1, -0.05) is 11.6 Å². The van der Waals surface area contributed by atoms with Crippen LogP contribution in [0.1, 0.15) is 25.8 Å². The molecule has 17 heavy (non-hydrogen) atoms. The van der Waals surface area contributed by atoms with Crippen molar-refractivity contribution in [3.8, 4) is 5.75 Å². The first-order valence-electron chi connectivity index (χ1n) is 5.82. The maximum atomic E-state index is 9.55. The highest BCUT2D eigenvalue weighted by Crippen LogP contribution is 2.24. The SMILES string of the molecule is CCOc1ccc(Cl)cc1CCC(O)C(C)O. The summed E-state index contributed by atoms with van der Waals surface area (Å²) in [5, 5.41) is 19.4. The molecule has 0 spiro atoms. The summed E-state index contributed by atoms with van der Waals surface area (Å²) in [5.74, 6) is 0.787. The van der Waals surface area contributed by atoms with Crippen LogP contribution in [0.15, 0.2) is 18.2 Å². The monoisotopic (exact) mass is 258 g/mol. The van der Waals surface area contributed by atoms with Crippen molar-refractivity contribution in [3.05, 3.63) is 28.8 Å². The standard InChI is InChI=1S/C13H19ClO3/c1-3-17-13-7-5-11(14)8-10(13)4-6-12(16)9(2)15/h5,7-9,12,15-16H,3-4,6H2,1-2H3. The second kappa shape index (κ2) is 6.84. The van der Waals surface area contributed by atoms with E-state index in [1.807, 2.05) is 19.1 Å². The van der Waals surface area contributed by atoms with Crippen LogP contribution in [0.3, 0.4) is 0 Å². The molecule has 2 atom stereocenters.